The van der Waals surface area contributed by atoms with Crippen LogP contribution in [0.5, 0.6) is 5.75 Å². The van der Waals surface area contributed by atoms with E-state index in [2.05, 4.69) is 20.4 Å². The van der Waals surface area contributed by atoms with E-state index < -0.39 is 0 Å². The lowest BCUT2D eigenvalue weighted by Crippen LogP contribution is -2.38. The highest BCUT2D eigenvalue weighted by Gasteiger charge is 2.26. The van der Waals surface area contributed by atoms with Crippen LogP contribution in [-0.4, -0.2) is 36.3 Å². The summed E-state index contributed by atoms with van der Waals surface area (Å²) in [7, 11) is 1.57. The summed E-state index contributed by atoms with van der Waals surface area (Å²) in [5.74, 6) is 1.37. The predicted octanol–water partition coefficient (Wildman–Crippen LogP) is 4.72. The molecule has 0 aliphatic carbocycles. The van der Waals surface area contributed by atoms with E-state index in [-0.39, 0.29) is 11.8 Å². The van der Waals surface area contributed by atoms with E-state index in [1.54, 1.807) is 36.6 Å². The van der Waals surface area contributed by atoms with Gasteiger partial charge in [0.15, 0.2) is 5.82 Å². The number of thiophene rings is 1. The number of nitrogens with one attached hydrogen (secondary N) is 1. The smallest absolute Gasteiger partial charge is 0.227 e. The van der Waals surface area contributed by atoms with Gasteiger partial charge in [-0.1, -0.05) is 17.7 Å². The maximum Gasteiger partial charge on any atom is 0.227 e. The normalized spacial score (nSPS) is 14.6. The van der Waals surface area contributed by atoms with Crippen molar-refractivity contribution in [3.8, 4) is 16.3 Å². The molecule has 29 heavy (non-hydrogen) atoms. The summed E-state index contributed by atoms with van der Waals surface area (Å²) in [6.45, 7) is 1.52. The quantitative estimate of drug-likeness (QED) is 0.636. The topological polar surface area (TPSA) is 67.3 Å². The molecule has 1 aliphatic heterocycles. The van der Waals surface area contributed by atoms with Gasteiger partial charge in [-0.3, -0.25) is 4.79 Å². The lowest BCUT2D eigenvalue weighted by Gasteiger charge is -2.31. The Labute approximate surface area is 178 Å². The molecule has 0 saturated carbocycles. The van der Waals surface area contributed by atoms with Crippen LogP contribution < -0.4 is 15.0 Å². The van der Waals surface area contributed by atoms with Crippen molar-refractivity contribution in [2.75, 3.05) is 30.4 Å². The molecule has 0 unspecified atom stereocenters. The number of hydrogen-bond acceptors (Lipinski definition) is 6. The van der Waals surface area contributed by atoms with Crippen molar-refractivity contribution in [3.63, 3.8) is 0 Å². The van der Waals surface area contributed by atoms with Crippen molar-refractivity contribution >= 4 is 40.4 Å². The minimum Gasteiger partial charge on any atom is -0.495 e. The second-order valence-electron chi connectivity index (χ2n) is 6.85. The minimum atomic E-state index is -0.0618. The number of benzene rings is 1. The molecule has 1 saturated heterocycles. The molecule has 0 radical (unpaired) electrons. The number of methoxy groups -OCH3 is 1. The third kappa shape index (κ3) is 4.52. The zero-order chi connectivity index (χ0) is 20.2. The maximum atomic E-state index is 12.7. The van der Waals surface area contributed by atoms with Gasteiger partial charge in [-0.25, -0.2) is 0 Å². The van der Waals surface area contributed by atoms with Crippen molar-refractivity contribution < 1.29 is 9.53 Å². The summed E-state index contributed by atoms with van der Waals surface area (Å²) in [5.41, 5.74) is 1.48. The van der Waals surface area contributed by atoms with Crippen LogP contribution in [0.1, 0.15) is 12.8 Å². The van der Waals surface area contributed by atoms with Gasteiger partial charge in [-0.15, -0.1) is 21.5 Å². The van der Waals surface area contributed by atoms with Crippen molar-refractivity contribution in [2.24, 2.45) is 5.92 Å². The Kier molecular flexibility index (Phi) is 5.97. The number of piperidine rings is 1. The number of rotatable bonds is 5. The third-order valence-electron chi connectivity index (χ3n) is 5.03. The number of halogens is 1. The highest BCUT2D eigenvalue weighted by molar-refractivity contribution is 7.13. The molecule has 1 aliphatic rings. The highest BCUT2D eigenvalue weighted by atomic mass is 35.5. The van der Waals surface area contributed by atoms with Gasteiger partial charge in [-0.2, -0.15) is 0 Å². The third-order valence-corrected chi connectivity index (χ3v) is 6.16. The van der Waals surface area contributed by atoms with Gasteiger partial charge in [0.25, 0.3) is 0 Å². The first kappa shape index (κ1) is 19.7. The Hall–Kier alpha value is -2.64. The summed E-state index contributed by atoms with van der Waals surface area (Å²) in [6.07, 6.45) is 1.51. The van der Waals surface area contributed by atoms with Crippen molar-refractivity contribution in [3.05, 3.63) is 52.9 Å². The van der Waals surface area contributed by atoms with Gasteiger partial charge >= 0.3 is 0 Å². The number of carbonyl (C=O) groups excluding carboxylic acids is 1. The number of amides is 1. The van der Waals surface area contributed by atoms with Gasteiger partial charge in [0.1, 0.15) is 11.4 Å². The first-order valence-corrected chi connectivity index (χ1v) is 10.7. The number of nitrogens with zero attached hydrogens (tertiary/aromatic N) is 3. The average Bonchev–Trinajstić information content (AvgIpc) is 3.29. The molecule has 1 N–H and O–H groups in total. The highest BCUT2D eigenvalue weighted by Crippen LogP contribution is 2.30. The summed E-state index contributed by atoms with van der Waals surface area (Å²) in [5, 5.41) is 14.3. The lowest BCUT2D eigenvalue weighted by molar-refractivity contribution is -0.120. The molecule has 0 atom stereocenters. The van der Waals surface area contributed by atoms with Crippen LogP contribution in [-0.2, 0) is 4.79 Å². The Balaban J connectivity index is 1.35. The summed E-state index contributed by atoms with van der Waals surface area (Å²) >= 11 is 7.70. The Morgan fingerprint density at radius 2 is 2.03 bits per heavy atom. The zero-order valence-electron chi connectivity index (χ0n) is 16.0. The minimum absolute atomic E-state index is 0.00987. The molecule has 1 aromatic carbocycles. The molecule has 8 heteroatoms. The SMILES string of the molecule is COc1ccc(Cl)cc1NC(=O)C1CCN(c2ccc(-c3cccs3)nn2)CC1. The molecule has 1 amide bonds. The van der Waals surface area contributed by atoms with Crippen LogP contribution in [0.2, 0.25) is 5.02 Å². The van der Waals surface area contributed by atoms with Crippen molar-refractivity contribution in [1.29, 1.82) is 0 Å². The summed E-state index contributed by atoms with van der Waals surface area (Å²) < 4.78 is 5.30. The van der Waals surface area contributed by atoms with Gasteiger partial charge < -0.3 is 15.0 Å². The average molecular weight is 429 g/mol. The number of anilines is 2. The number of carbonyl (C=O) groups is 1. The molecule has 3 aromatic rings. The van der Waals surface area contributed by atoms with Crippen molar-refractivity contribution in [2.45, 2.75) is 12.8 Å². The van der Waals surface area contributed by atoms with Gasteiger partial charge in [0, 0.05) is 24.0 Å². The Morgan fingerprint density at radius 3 is 2.69 bits per heavy atom. The van der Waals surface area contributed by atoms with E-state index in [0.717, 1.165) is 42.3 Å². The van der Waals surface area contributed by atoms with E-state index in [9.17, 15) is 4.79 Å². The van der Waals surface area contributed by atoms with Crippen LogP contribution in [0.3, 0.4) is 0 Å². The molecular weight excluding hydrogens is 408 g/mol. The van der Waals surface area contributed by atoms with E-state index in [0.29, 0.717) is 16.5 Å². The first-order chi connectivity index (χ1) is 14.1. The van der Waals surface area contributed by atoms with E-state index in [1.165, 1.54) is 0 Å². The maximum absolute atomic E-state index is 12.7. The summed E-state index contributed by atoms with van der Waals surface area (Å²) in [4.78, 5) is 16.0. The fourth-order valence-corrected chi connectivity index (χ4v) is 4.30. The largest absolute Gasteiger partial charge is 0.495 e. The standard InChI is InChI=1S/C21H21ClN4O2S/c1-28-18-6-4-15(22)13-17(18)23-21(27)14-8-10-26(11-9-14)20-7-5-16(24-25-20)19-3-2-12-29-19/h2-7,12-14H,8-11H2,1H3,(H,23,27). The van der Waals surface area contributed by atoms with Crippen LogP contribution >= 0.6 is 22.9 Å². The molecule has 0 spiro atoms. The van der Waals surface area contributed by atoms with Gasteiger partial charge in [0.05, 0.1) is 17.7 Å². The lowest BCUT2D eigenvalue weighted by atomic mass is 9.95. The van der Waals surface area contributed by atoms with Gasteiger partial charge in [-0.05, 0) is 54.6 Å². The van der Waals surface area contributed by atoms with Crippen LogP contribution in [0.4, 0.5) is 11.5 Å². The fourth-order valence-electron chi connectivity index (χ4n) is 3.43. The molecule has 3 heterocycles. The van der Waals surface area contributed by atoms with Crippen LogP contribution in [0, 0.1) is 5.92 Å². The number of ether oxygens (including phenoxy) is 1. The number of hydrogen-bond donors (Lipinski definition) is 1. The summed E-state index contributed by atoms with van der Waals surface area (Å²) in [6, 6.07) is 13.2. The van der Waals surface area contributed by atoms with E-state index in [4.69, 9.17) is 16.3 Å². The second kappa shape index (κ2) is 8.80. The predicted molar refractivity (Wildman–Crippen MR) is 117 cm³/mol. The Bertz CT molecular complexity index is 971. The first-order valence-electron chi connectivity index (χ1n) is 9.41. The monoisotopic (exact) mass is 428 g/mol. The second-order valence-corrected chi connectivity index (χ2v) is 8.23. The van der Waals surface area contributed by atoms with Crippen molar-refractivity contribution in [1.82, 2.24) is 10.2 Å². The van der Waals surface area contributed by atoms with Gasteiger partial charge in [0.2, 0.25) is 5.91 Å². The molecular formula is C21H21ClN4O2S. The molecule has 150 valence electrons. The van der Waals surface area contributed by atoms with Crippen LogP contribution in [0.25, 0.3) is 10.6 Å². The molecule has 1 fully saturated rings. The molecule has 2 aromatic heterocycles. The molecule has 0 bridgehead atoms. The zero-order valence-corrected chi connectivity index (χ0v) is 17.5. The number of aromatic nitrogens is 2. The molecule has 6 nitrogen and oxygen atoms in total. The van der Waals surface area contributed by atoms with E-state index in [1.807, 2.05) is 29.6 Å². The van der Waals surface area contributed by atoms with Crippen LogP contribution in [0.15, 0.2) is 47.8 Å². The fraction of sp³-hybridized carbons (Fsp3) is 0.286. The Morgan fingerprint density at radius 1 is 1.21 bits per heavy atom. The molecule has 4 rings (SSSR count). The van der Waals surface area contributed by atoms with E-state index >= 15 is 0 Å².